The van der Waals surface area contributed by atoms with Gasteiger partial charge in [-0.2, -0.15) is 0 Å². The summed E-state index contributed by atoms with van der Waals surface area (Å²) in [6.07, 6.45) is 0. The van der Waals surface area contributed by atoms with Crippen molar-refractivity contribution in [2.75, 3.05) is 0 Å². The van der Waals surface area contributed by atoms with Crippen molar-refractivity contribution in [2.45, 2.75) is 17.7 Å². The molecule has 0 saturated carbocycles. The Balaban J connectivity index is 2.29. The lowest BCUT2D eigenvalue weighted by atomic mass is 9.94. The molecule has 0 spiro atoms. The van der Waals surface area contributed by atoms with Crippen LogP contribution in [0, 0.1) is 0 Å². The quantitative estimate of drug-likeness (QED) is 0.479. The summed E-state index contributed by atoms with van der Waals surface area (Å²) in [6.45, 7) is 2.21. The van der Waals surface area contributed by atoms with Gasteiger partial charge in [0, 0.05) is 19.7 Å². The third kappa shape index (κ3) is 2.00. The van der Waals surface area contributed by atoms with Gasteiger partial charge >= 0.3 is 0 Å². The zero-order valence-corrected chi connectivity index (χ0v) is 14.5. The second-order valence-corrected chi connectivity index (χ2v) is 7.89. The molecule has 92 valence electrons. The van der Waals surface area contributed by atoms with E-state index in [1.165, 1.54) is 22.3 Å². The minimum absolute atomic E-state index is 0.418. The van der Waals surface area contributed by atoms with Crippen LogP contribution in [0.5, 0.6) is 0 Å². The molecule has 18 heavy (non-hydrogen) atoms. The van der Waals surface area contributed by atoms with Gasteiger partial charge in [-0.15, -0.1) is 0 Å². The highest BCUT2D eigenvalue weighted by Gasteiger charge is 2.31. The average Bonchev–Trinajstić information content (AvgIpc) is 2.60. The third-order valence-corrected chi connectivity index (χ3v) is 4.96. The van der Waals surface area contributed by atoms with Gasteiger partial charge in [-0.25, -0.2) is 0 Å². The molecule has 1 aliphatic rings. The Hall–Kier alpha value is -0.120. The topological polar surface area (TPSA) is 0 Å². The lowest BCUT2D eigenvalue weighted by Gasteiger charge is -2.16. The van der Waals surface area contributed by atoms with E-state index < -0.39 is 0 Å². The molecule has 1 unspecified atom stereocenters. The molecule has 3 heteroatoms. The number of hydrogen-bond acceptors (Lipinski definition) is 0. The molecular formula is C15H11Br3. The Labute approximate surface area is 132 Å². The fraction of sp³-hybridized carbons (Fsp3) is 0.200. The summed E-state index contributed by atoms with van der Waals surface area (Å²) in [4.78, 5) is 0.418. The van der Waals surface area contributed by atoms with Crippen LogP contribution >= 0.6 is 47.8 Å². The van der Waals surface area contributed by atoms with E-state index in [1.807, 2.05) is 0 Å². The summed E-state index contributed by atoms with van der Waals surface area (Å²) in [6, 6.07) is 13.1. The molecule has 0 fully saturated rings. The molecule has 0 saturated heterocycles. The number of rotatable bonds is 1. The van der Waals surface area contributed by atoms with Crippen molar-refractivity contribution in [3.05, 3.63) is 56.5 Å². The first-order valence-corrected chi connectivity index (χ1v) is 8.31. The molecule has 1 atom stereocenters. The predicted molar refractivity (Wildman–Crippen MR) is 87.5 cm³/mol. The number of halogens is 3. The van der Waals surface area contributed by atoms with Crippen molar-refractivity contribution in [3.63, 3.8) is 0 Å². The number of alkyl halides is 1. The first-order valence-electron chi connectivity index (χ1n) is 5.81. The standard InChI is InChI=1S/C15H11Br3/c1-8(16)15-13-6-9(17)2-4-11(13)12-5-3-10(18)7-14(12)15/h2-8,15H,1H3. The molecule has 0 radical (unpaired) electrons. The highest BCUT2D eigenvalue weighted by molar-refractivity contribution is 9.10. The molecule has 0 nitrogen and oxygen atoms in total. The van der Waals surface area contributed by atoms with Crippen LogP contribution < -0.4 is 0 Å². The van der Waals surface area contributed by atoms with Crippen molar-refractivity contribution < 1.29 is 0 Å². The summed E-state index contributed by atoms with van der Waals surface area (Å²) >= 11 is 10.9. The maximum Gasteiger partial charge on any atom is 0.0227 e. The van der Waals surface area contributed by atoms with Gasteiger partial charge in [0.1, 0.15) is 0 Å². The van der Waals surface area contributed by atoms with Crippen molar-refractivity contribution in [1.82, 2.24) is 0 Å². The number of benzene rings is 2. The van der Waals surface area contributed by atoms with Crippen LogP contribution in [0.1, 0.15) is 24.0 Å². The van der Waals surface area contributed by atoms with Crippen LogP contribution in [0.2, 0.25) is 0 Å². The van der Waals surface area contributed by atoms with Crippen molar-refractivity contribution >= 4 is 47.8 Å². The molecule has 0 amide bonds. The van der Waals surface area contributed by atoms with Gasteiger partial charge in [0.15, 0.2) is 0 Å². The zero-order valence-electron chi connectivity index (χ0n) is 9.75. The molecule has 0 N–H and O–H groups in total. The van der Waals surface area contributed by atoms with Crippen LogP contribution in [-0.4, -0.2) is 4.83 Å². The number of hydrogen-bond donors (Lipinski definition) is 0. The highest BCUT2D eigenvalue weighted by Crippen LogP contribution is 2.49. The molecule has 0 aliphatic heterocycles. The van der Waals surface area contributed by atoms with E-state index in [2.05, 4.69) is 91.1 Å². The third-order valence-electron chi connectivity index (χ3n) is 3.45. The van der Waals surface area contributed by atoms with Crippen LogP contribution in [-0.2, 0) is 0 Å². The van der Waals surface area contributed by atoms with E-state index in [4.69, 9.17) is 0 Å². The Bertz CT molecular complexity index is 566. The molecule has 0 aromatic heterocycles. The Morgan fingerprint density at radius 3 is 1.72 bits per heavy atom. The van der Waals surface area contributed by atoms with Gasteiger partial charge in [-0.3, -0.25) is 0 Å². The Morgan fingerprint density at radius 2 is 1.33 bits per heavy atom. The van der Waals surface area contributed by atoms with Gasteiger partial charge in [0.2, 0.25) is 0 Å². The normalized spacial score (nSPS) is 15.3. The lowest BCUT2D eigenvalue weighted by molar-refractivity contribution is 0.827. The number of fused-ring (bicyclic) bond motifs is 3. The summed E-state index contributed by atoms with van der Waals surface area (Å²) in [5, 5.41) is 0. The van der Waals surface area contributed by atoms with E-state index in [0.717, 1.165) is 8.95 Å². The van der Waals surface area contributed by atoms with Crippen LogP contribution in [0.3, 0.4) is 0 Å². The van der Waals surface area contributed by atoms with E-state index in [1.54, 1.807) is 0 Å². The highest BCUT2D eigenvalue weighted by atomic mass is 79.9. The van der Waals surface area contributed by atoms with Gasteiger partial charge in [0.05, 0.1) is 0 Å². The smallest absolute Gasteiger partial charge is 0.0227 e. The molecule has 3 rings (SSSR count). The van der Waals surface area contributed by atoms with E-state index >= 15 is 0 Å². The van der Waals surface area contributed by atoms with Crippen LogP contribution in [0.25, 0.3) is 11.1 Å². The van der Waals surface area contributed by atoms with Crippen LogP contribution in [0.15, 0.2) is 45.3 Å². The van der Waals surface area contributed by atoms with Crippen LogP contribution in [0.4, 0.5) is 0 Å². The largest absolute Gasteiger partial charge is 0.0883 e. The maximum atomic E-state index is 3.76. The summed E-state index contributed by atoms with van der Waals surface area (Å²) in [7, 11) is 0. The minimum atomic E-state index is 0.418. The van der Waals surface area contributed by atoms with Crippen molar-refractivity contribution in [3.8, 4) is 11.1 Å². The van der Waals surface area contributed by atoms with Crippen molar-refractivity contribution in [2.24, 2.45) is 0 Å². The Morgan fingerprint density at radius 1 is 0.889 bits per heavy atom. The van der Waals surface area contributed by atoms with Crippen molar-refractivity contribution in [1.29, 1.82) is 0 Å². The van der Waals surface area contributed by atoms with E-state index in [9.17, 15) is 0 Å². The lowest BCUT2D eigenvalue weighted by Crippen LogP contribution is -2.07. The zero-order chi connectivity index (χ0) is 12.9. The fourth-order valence-corrected chi connectivity index (χ4v) is 4.06. The molecule has 0 bridgehead atoms. The average molecular weight is 431 g/mol. The van der Waals surface area contributed by atoms with E-state index in [0.29, 0.717) is 10.7 Å². The van der Waals surface area contributed by atoms with E-state index in [-0.39, 0.29) is 0 Å². The second-order valence-electron chi connectivity index (χ2n) is 4.62. The molecule has 1 aliphatic carbocycles. The molecule has 2 aromatic rings. The van der Waals surface area contributed by atoms with Gasteiger partial charge in [-0.05, 0) is 46.5 Å². The van der Waals surface area contributed by atoms with Gasteiger partial charge in [-0.1, -0.05) is 66.8 Å². The monoisotopic (exact) mass is 428 g/mol. The maximum absolute atomic E-state index is 3.76. The second kappa shape index (κ2) is 4.77. The van der Waals surface area contributed by atoms with Gasteiger partial charge in [0.25, 0.3) is 0 Å². The predicted octanol–water partition coefficient (Wildman–Crippen LogP) is 6.11. The first kappa shape index (κ1) is 12.9. The summed E-state index contributed by atoms with van der Waals surface area (Å²) in [5.41, 5.74) is 5.53. The summed E-state index contributed by atoms with van der Waals surface area (Å²) in [5.74, 6) is 0.421. The fourth-order valence-electron chi connectivity index (χ4n) is 2.73. The first-order chi connectivity index (χ1) is 8.58. The SMILES string of the molecule is CC(Br)C1c2cc(Br)ccc2-c2ccc(Br)cc21. The Kier molecular flexibility index (Phi) is 3.41. The molecule has 2 aromatic carbocycles. The molecular weight excluding hydrogens is 420 g/mol. The summed E-state index contributed by atoms with van der Waals surface area (Å²) < 4.78 is 2.29. The van der Waals surface area contributed by atoms with Gasteiger partial charge < -0.3 is 0 Å². The molecule has 0 heterocycles. The minimum Gasteiger partial charge on any atom is -0.0883 e.